The van der Waals surface area contributed by atoms with Crippen molar-refractivity contribution in [3.63, 3.8) is 0 Å². The molecule has 7 heteroatoms. The van der Waals surface area contributed by atoms with Crippen molar-refractivity contribution in [1.82, 2.24) is 25.1 Å². The fourth-order valence-corrected chi connectivity index (χ4v) is 7.28. The fourth-order valence-electron chi connectivity index (χ4n) is 7.28. The predicted molar refractivity (Wildman–Crippen MR) is 164 cm³/mol. The van der Waals surface area contributed by atoms with Crippen LogP contribution in [0.5, 0.6) is 5.75 Å². The Balaban J connectivity index is 1.05. The summed E-state index contributed by atoms with van der Waals surface area (Å²) in [6.07, 6.45) is 9.85. The van der Waals surface area contributed by atoms with Crippen LogP contribution in [0, 0.1) is 0 Å². The molecule has 2 unspecified atom stereocenters. The zero-order valence-electron chi connectivity index (χ0n) is 23.9. The Morgan fingerprint density at radius 1 is 0.833 bits per heavy atom. The molecule has 3 aromatic heterocycles. The standard InChI is InChI=1S/C35H35N5O2/c1-2-42-32-4-3-15-36-34(32)24-8-6-23(7-9-24)33-31-17-27(19-37-35(31)39-38-33)26-10-5-22-11-13-28(14-12-25(22)16-26)40-29-18-30(40)21-41-20-29/h3-10,15-17,19,28-30H,2,11-14,18,20-21H2,1H3,(H,37,38,39)/t28-,29?,30?/m0/s1. The van der Waals surface area contributed by atoms with E-state index in [4.69, 9.17) is 14.5 Å². The minimum atomic E-state index is 0.603. The van der Waals surface area contributed by atoms with Gasteiger partial charge in [0.25, 0.3) is 0 Å². The van der Waals surface area contributed by atoms with Crippen molar-refractivity contribution in [1.29, 1.82) is 0 Å². The van der Waals surface area contributed by atoms with E-state index in [1.165, 1.54) is 36.0 Å². The summed E-state index contributed by atoms with van der Waals surface area (Å²) in [5, 5.41) is 8.81. The molecule has 2 aromatic carbocycles. The highest BCUT2D eigenvalue weighted by molar-refractivity contribution is 5.93. The van der Waals surface area contributed by atoms with Crippen LogP contribution in [0.2, 0.25) is 0 Å². The second-order valence-electron chi connectivity index (χ2n) is 11.8. The van der Waals surface area contributed by atoms with E-state index in [1.54, 1.807) is 6.20 Å². The average molecular weight is 558 g/mol. The van der Waals surface area contributed by atoms with Crippen molar-refractivity contribution in [2.24, 2.45) is 0 Å². The van der Waals surface area contributed by atoms with Crippen LogP contribution in [0.3, 0.4) is 0 Å². The molecule has 0 saturated carbocycles. The lowest BCUT2D eigenvalue weighted by Gasteiger charge is -2.56. The first-order chi connectivity index (χ1) is 20.7. The van der Waals surface area contributed by atoms with E-state index in [9.17, 15) is 0 Å². The van der Waals surface area contributed by atoms with Crippen LogP contribution >= 0.6 is 0 Å². The second kappa shape index (κ2) is 10.6. The Hall–Kier alpha value is -4.07. The fraction of sp³-hybridized carbons (Fsp3) is 0.343. The summed E-state index contributed by atoms with van der Waals surface area (Å²) in [6, 6.07) is 23.4. The molecular formula is C35H35N5O2. The predicted octanol–water partition coefficient (Wildman–Crippen LogP) is 6.47. The van der Waals surface area contributed by atoms with E-state index in [0.717, 1.165) is 70.9 Å². The van der Waals surface area contributed by atoms with Crippen LogP contribution in [0.1, 0.15) is 37.3 Å². The summed E-state index contributed by atoms with van der Waals surface area (Å²) < 4.78 is 11.5. The Morgan fingerprint density at radius 2 is 1.60 bits per heavy atom. The van der Waals surface area contributed by atoms with Gasteiger partial charge in [-0.2, -0.15) is 5.10 Å². The normalized spacial score (nSPS) is 21.9. The van der Waals surface area contributed by atoms with Crippen LogP contribution in [0.4, 0.5) is 0 Å². The van der Waals surface area contributed by atoms with Crippen molar-refractivity contribution in [2.75, 3.05) is 19.8 Å². The minimum Gasteiger partial charge on any atom is -0.492 e. The number of morpholine rings is 1. The monoisotopic (exact) mass is 557 g/mol. The molecule has 3 atom stereocenters. The maximum absolute atomic E-state index is 5.79. The van der Waals surface area contributed by atoms with E-state index in [0.29, 0.717) is 24.7 Å². The molecular weight excluding hydrogens is 522 g/mol. The first-order valence-corrected chi connectivity index (χ1v) is 15.3. The van der Waals surface area contributed by atoms with Gasteiger partial charge in [0, 0.05) is 52.6 Å². The molecule has 2 fully saturated rings. The maximum Gasteiger partial charge on any atom is 0.155 e. The number of nitrogens with one attached hydrogen (secondary N) is 1. The van der Waals surface area contributed by atoms with Crippen LogP contribution in [0.25, 0.3) is 44.7 Å². The summed E-state index contributed by atoms with van der Waals surface area (Å²) >= 11 is 0. The molecule has 8 rings (SSSR count). The number of aromatic nitrogens is 4. The van der Waals surface area contributed by atoms with Gasteiger partial charge < -0.3 is 9.47 Å². The Labute approximate surface area is 245 Å². The van der Waals surface area contributed by atoms with E-state index in [-0.39, 0.29) is 0 Å². The number of rotatable bonds is 6. The zero-order chi connectivity index (χ0) is 28.0. The number of aryl methyl sites for hydroxylation is 2. The van der Waals surface area contributed by atoms with Gasteiger partial charge in [-0.05, 0) is 73.9 Å². The van der Waals surface area contributed by atoms with E-state index in [2.05, 4.69) is 68.6 Å². The zero-order valence-corrected chi connectivity index (χ0v) is 23.9. The second-order valence-corrected chi connectivity index (χ2v) is 11.8. The van der Waals surface area contributed by atoms with Gasteiger partial charge in [0.1, 0.15) is 17.1 Å². The van der Waals surface area contributed by atoms with Gasteiger partial charge in [-0.3, -0.25) is 15.0 Å². The lowest BCUT2D eigenvalue weighted by Crippen LogP contribution is -2.66. The van der Waals surface area contributed by atoms with Gasteiger partial charge in [0.05, 0.1) is 19.8 Å². The van der Waals surface area contributed by atoms with Crippen molar-refractivity contribution in [2.45, 2.75) is 57.2 Å². The third-order valence-electron chi connectivity index (χ3n) is 9.38. The Bertz CT molecular complexity index is 1730. The highest BCUT2D eigenvalue weighted by Crippen LogP contribution is 2.38. The van der Waals surface area contributed by atoms with Crippen LogP contribution in [-0.4, -0.2) is 63.0 Å². The minimum absolute atomic E-state index is 0.603. The number of pyridine rings is 2. The van der Waals surface area contributed by atoms with E-state index in [1.807, 2.05) is 25.3 Å². The third-order valence-corrected chi connectivity index (χ3v) is 9.38. The molecule has 0 spiro atoms. The average Bonchev–Trinajstić information content (AvgIpc) is 3.36. The lowest BCUT2D eigenvalue weighted by molar-refractivity contribution is -0.148. The Kier molecular flexibility index (Phi) is 6.49. The molecule has 0 amide bonds. The Morgan fingerprint density at radius 3 is 2.38 bits per heavy atom. The number of H-pyrrole nitrogens is 1. The van der Waals surface area contributed by atoms with Crippen molar-refractivity contribution in [3.05, 3.63) is 84.2 Å². The molecule has 1 aliphatic carbocycles. The molecule has 0 radical (unpaired) electrons. The number of ether oxygens (including phenoxy) is 2. The van der Waals surface area contributed by atoms with Crippen molar-refractivity contribution in [3.8, 4) is 39.4 Å². The summed E-state index contributed by atoms with van der Waals surface area (Å²) in [5.74, 6) is 0.792. The molecule has 212 valence electrons. The highest BCUT2D eigenvalue weighted by Gasteiger charge is 2.45. The molecule has 2 bridgehead atoms. The summed E-state index contributed by atoms with van der Waals surface area (Å²) in [7, 11) is 0. The van der Waals surface area contributed by atoms with Gasteiger partial charge in [-0.15, -0.1) is 0 Å². The van der Waals surface area contributed by atoms with Crippen molar-refractivity contribution < 1.29 is 9.47 Å². The number of aromatic amines is 1. The molecule has 7 nitrogen and oxygen atoms in total. The van der Waals surface area contributed by atoms with Gasteiger partial charge in [-0.25, -0.2) is 4.98 Å². The lowest BCUT2D eigenvalue weighted by atomic mass is 9.87. The third kappa shape index (κ3) is 4.48. The maximum atomic E-state index is 5.79. The summed E-state index contributed by atoms with van der Waals surface area (Å²) in [5.41, 5.74) is 9.92. The van der Waals surface area contributed by atoms with Crippen LogP contribution in [0.15, 0.2) is 73.1 Å². The SMILES string of the molecule is CCOc1cccnc1-c1ccc(-c2n[nH]c3ncc(-c4ccc5c(c4)CC[C@@H](N4C6COCC4C6)CC5)cc23)cc1. The first-order valence-electron chi connectivity index (χ1n) is 15.3. The molecule has 2 saturated heterocycles. The molecule has 1 N–H and O–H groups in total. The van der Waals surface area contributed by atoms with Gasteiger partial charge in [0.15, 0.2) is 5.65 Å². The van der Waals surface area contributed by atoms with E-state index < -0.39 is 0 Å². The first kappa shape index (κ1) is 25.6. The van der Waals surface area contributed by atoms with Crippen LogP contribution < -0.4 is 4.74 Å². The molecule has 5 heterocycles. The number of fused-ring (bicyclic) bond motifs is 4. The molecule has 5 aromatic rings. The van der Waals surface area contributed by atoms with Gasteiger partial charge in [-0.1, -0.05) is 42.5 Å². The van der Waals surface area contributed by atoms with Crippen molar-refractivity contribution >= 4 is 11.0 Å². The van der Waals surface area contributed by atoms with Gasteiger partial charge in [0.2, 0.25) is 0 Å². The highest BCUT2D eigenvalue weighted by atomic mass is 16.5. The number of benzene rings is 2. The van der Waals surface area contributed by atoms with E-state index >= 15 is 0 Å². The van der Waals surface area contributed by atoms with Crippen LogP contribution in [-0.2, 0) is 17.6 Å². The molecule has 2 aliphatic heterocycles. The number of hydrogen-bond donors (Lipinski definition) is 1. The quantitative estimate of drug-likeness (QED) is 0.241. The van der Waals surface area contributed by atoms with Gasteiger partial charge >= 0.3 is 0 Å². The molecule has 3 aliphatic rings. The number of hydrogen-bond acceptors (Lipinski definition) is 6. The topological polar surface area (TPSA) is 76.2 Å². The largest absolute Gasteiger partial charge is 0.492 e. The summed E-state index contributed by atoms with van der Waals surface area (Å²) in [4.78, 5) is 12.1. The molecule has 42 heavy (non-hydrogen) atoms. The smallest absolute Gasteiger partial charge is 0.155 e. The number of nitrogens with zero attached hydrogens (tertiary/aromatic N) is 4. The summed E-state index contributed by atoms with van der Waals surface area (Å²) in [6.45, 7) is 4.42.